The smallest absolute Gasteiger partial charge is 0.261 e. The molecule has 3 aromatic rings. The molecule has 0 saturated carbocycles. The Hall–Kier alpha value is -3.33. The van der Waals surface area contributed by atoms with E-state index in [0.29, 0.717) is 34.0 Å². The van der Waals surface area contributed by atoms with Gasteiger partial charge in [-0.05, 0) is 42.8 Å². The molecule has 8 nitrogen and oxygen atoms in total. The second-order valence-electron chi connectivity index (χ2n) is 7.56. The highest BCUT2D eigenvalue weighted by atomic mass is 32.2. The summed E-state index contributed by atoms with van der Waals surface area (Å²) >= 11 is 1.54. The number of fused-ring (bicyclic) bond motifs is 1. The maximum atomic E-state index is 12.9. The van der Waals surface area contributed by atoms with E-state index in [1.54, 1.807) is 42.3 Å². The molecule has 0 radical (unpaired) electrons. The van der Waals surface area contributed by atoms with Crippen molar-refractivity contribution in [2.24, 2.45) is 0 Å². The molecule has 0 aliphatic carbocycles. The first-order chi connectivity index (χ1) is 15.5. The van der Waals surface area contributed by atoms with E-state index in [9.17, 15) is 14.4 Å². The van der Waals surface area contributed by atoms with Crippen LogP contribution in [0.1, 0.15) is 12.0 Å². The van der Waals surface area contributed by atoms with Gasteiger partial charge in [-0.2, -0.15) is 0 Å². The SMILES string of the molecule is COc1ccc(NC(=O)C2CSCN2C(=O)CCn2cnc3c(C)cccc3c2=O)cc1. The van der Waals surface area contributed by atoms with Crippen LogP contribution < -0.4 is 15.6 Å². The Labute approximate surface area is 189 Å². The molecule has 1 unspecified atom stereocenters. The molecule has 1 N–H and O–H groups in total. The van der Waals surface area contributed by atoms with Crippen molar-refractivity contribution in [3.63, 3.8) is 0 Å². The quantitative estimate of drug-likeness (QED) is 0.618. The lowest BCUT2D eigenvalue weighted by molar-refractivity contribution is -0.136. The van der Waals surface area contributed by atoms with Gasteiger partial charge in [-0.25, -0.2) is 4.98 Å². The van der Waals surface area contributed by atoms with Crippen molar-refractivity contribution >= 4 is 40.2 Å². The fourth-order valence-electron chi connectivity index (χ4n) is 3.66. The number of aromatic nitrogens is 2. The number of aryl methyl sites for hydroxylation is 2. The van der Waals surface area contributed by atoms with Crippen LogP contribution >= 0.6 is 11.8 Å². The lowest BCUT2D eigenvalue weighted by atomic mass is 10.1. The normalized spacial score (nSPS) is 15.7. The number of amides is 2. The molecule has 9 heteroatoms. The zero-order valence-electron chi connectivity index (χ0n) is 17.9. The standard InChI is InChI=1S/C23H24N4O4S/c1-15-4-3-5-18-21(15)24-13-26(23(18)30)11-10-20(28)27-14-32-12-19(27)22(29)25-16-6-8-17(31-2)9-7-16/h3-9,13,19H,10-12,14H2,1-2H3,(H,25,29). The van der Waals surface area contributed by atoms with Crippen LogP contribution in [0.5, 0.6) is 5.75 Å². The molecule has 2 aromatic carbocycles. The van der Waals surface area contributed by atoms with Crippen LogP contribution in [0.3, 0.4) is 0 Å². The molecule has 1 aliphatic rings. The number of methoxy groups -OCH3 is 1. The number of carbonyl (C=O) groups is 2. The number of ether oxygens (including phenoxy) is 1. The summed E-state index contributed by atoms with van der Waals surface area (Å²) in [6.45, 7) is 2.12. The molecule has 0 spiro atoms. The highest BCUT2D eigenvalue weighted by Crippen LogP contribution is 2.24. The monoisotopic (exact) mass is 452 g/mol. The molecule has 1 aromatic heterocycles. The topological polar surface area (TPSA) is 93.5 Å². The van der Waals surface area contributed by atoms with Crippen LogP contribution in [0.25, 0.3) is 10.9 Å². The highest BCUT2D eigenvalue weighted by molar-refractivity contribution is 7.99. The summed E-state index contributed by atoms with van der Waals surface area (Å²) in [6, 6.07) is 12.0. The van der Waals surface area contributed by atoms with Gasteiger partial charge in [0.2, 0.25) is 11.8 Å². The third-order valence-electron chi connectivity index (χ3n) is 5.48. The Kier molecular flexibility index (Phi) is 6.45. The van der Waals surface area contributed by atoms with Crippen molar-refractivity contribution in [3.8, 4) is 5.75 Å². The second kappa shape index (κ2) is 9.44. The predicted molar refractivity (Wildman–Crippen MR) is 125 cm³/mol. The minimum atomic E-state index is -0.552. The number of rotatable bonds is 6. The van der Waals surface area contributed by atoms with E-state index in [2.05, 4.69) is 10.3 Å². The van der Waals surface area contributed by atoms with Gasteiger partial charge in [0.05, 0.1) is 30.2 Å². The fraction of sp³-hybridized carbons (Fsp3) is 0.304. The average molecular weight is 453 g/mol. The molecule has 166 valence electrons. The Morgan fingerprint density at radius 3 is 2.75 bits per heavy atom. The van der Waals surface area contributed by atoms with Gasteiger partial charge in [0.15, 0.2) is 0 Å². The summed E-state index contributed by atoms with van der Waals surface area (Å²) in [5.74, 6) is 1.29. The summed E-state index contributed by atoms with van der Waals surface area (Å²) in [6.07, 6.45) is 1.60. The number of nitrogens with zero attached hydrogens (tertiary/aromatic N) is 3. The van der Waals surface area contributed by atoms with E-state index in [1.165, 1.54) is 22.7 Å². The average Bonchev–Trinajstić information content (AvgIpc) is 3.30. The minimum absolute atomic E-state index is 0.117. The third-order valence-corrected chi connectivity index (χ3v) is 6.50. The van der Waals surface area contributed by atoms with E-state index >= 15 is 0 Å². The molecule has 1 fully saturated rings. The summed E-state index contributed by atoms with van der Waals surface area (Å²) in [4.78, 5) is 44.4. The van der Waals surface area contributed by atoms with Crippen molar-refractivity contribution in [2.75, 3.05) is 24.1 Å². The summed E-state index contributed by atoms with van der Waals surface area (Å²) in [7, 11) is 1.58. The zero-order chi connectivity index (χ0) is 22.7. The molecule has 4 rings (SSSR count). The van der Waals surface area contributed by atoms with Gasteiger partial charge in [0, 0.05) is 24.4 Å². The first-order valence-electron chi connectivity index (χ1n) is 10.2. The van der Waals surface area contributed by atoms with Crippen LogP contribution in [0.4, 0.5) is 5.69 Å². The Balaban J connectivity index is 1.41. The van der Waals surface area contributed by atoms with Crippen molar-refractivity contribution in [3.05, 3.63) is 64.7 Å². The molecule has 1 saturated heterocycles. The molecule has 0 bridgehead atoms. The Bertz CT molecular complexity index is 1210. The van der Waals surface area contributed by atoms with Crippen molar-refractivity contribution in [1.29, 1.82) is 0 Å². The summed E-state index contributed by atoms with van der Waals surface area (Å²) in [5, 5.41) is 3.40. The van der Waals surface area contributed by atoms with Crippen molar-refractivity contribution in [1.82, 2.24) is 14.5 Å². The van der Waals surface area contributed by atoms with E-state index in [-0.39, 0.29) is 30.3 Å². The summed E-state index contributed by atoms with van der Waals surface area (Å²) < 4.78 is 6.58. The van der Waals surface area contributed by atoms with Crippen LogP contribution in [0.2, 0.25) is 0 Å². The van der Waals surface area contributed by atoms with E-state index < -0.39 is 6.04 Å². The van der Waals surface area contributed by atoms with Gasteiger partial charge in [0.1, 0.15) is 11.8 Å². The molecule has 1 atom stereocenters. The lowest BCUT2D eigenvalue weighted by Gasteiger charge is -2.23. The number of thioether (sulfide) groups is 1. The molecule has 2 heterocycles. The van der Waals surface area contributed by atoms with E-state index in [4.69, 9.17) is 4.74 Å². The largest absolute Gasteiger partial charge is 0.497 e. The zero-order valence-corrected chi connectivity index (χ0v) is 18.7. The molecular weight excluding hydrogens is 428 g/mol. The van der Waals surface area contributed by atoms with Gasteiger partial charge >= 0.3 is 0 Å². The number of anilines is 1. The number of hydrogen-bond donors (Lipinski definition) is 1. The molecule has 2 amide bonds. The molecule has 32 heavy (non-hydrogen) atoms. The number of carbonyl (C=O) groups excluding carboxylic acids is 2. The number of hydrogen-bond acceptors (Lipinski definition) is 6. The third kappa shape index (κ3) is 4.47. The predicted octanol–water partition coefficient (Wildman–Crippen LogP) is 2.64. The first-order valence-corrected chi connectivity index (χ1v) is 11.4. The van der Waals surface area contributed by atoms with Crippen LogP contribution in [-0.4, -0.2) is 51.0 Å². The highest BCUT2D eigenvalue weighted by Gasteiger charge is 2.34. The maximum absolute atomic E-state index is 12.9. The molecule has 1 aliphatic heterocycles. The molecular formula is C23H24N4O4S. The summed E-state index contributed by atoms with van der Waals surface area (Å²) in [5.41, 5.74) is 2.08. The van der Waals surface area contributed by atoms with E-state index in [0.717, 1.165) is 5.56 Å². The van der Waals surface area contributed by atoms with Crippen molar-refractivity contribution in [2.45, 2.75) is 25.9 Å². The maximum Gasteiger partial charge on any atom is 0.261 e. The first kappa shape index (κ1) is 21.9. The number of nitrogens with one attached hydrogen (secondary N) is 1. The Morgan fingerprint density at radius 1 is 1.22 bits per heavy atom. The van der Waals surface area contributed by atoms with Gasteiger partial charge in [-0.3, -0.25) is 19.0 Å². The van der Waals surface area contributed by atoms with Crippen LogP contribution in [-0.2, 0) is 16.1 Å². The fourth-order valence-corrected chi connectivity index (χ4v) is 4.84. The number of para-hydroxylation sites is 1. The lowest BCUT2D eigenvalue weighted by Crippen LogP contribution is -2.44. The Morgan fingerprint density at radius 2 is 2.00 bits per heavy atom. The van der Waals surface area contributed by atoms with Gasteiger partial charge in [-0.1, -0.05) is 12.1 Å². The van der Waals surface area contributed by atoms with Gasteiger partial charge in [0.25, 0.3) is 5.56 Å². The number of benzene rings is 2. The van der Waals surface area contributed by atoms with Crippen LogP contribution in [0, 0.1) is 6.92 Å². The second-order valence-corrected chi connectivity index (χ2v) is 8.56. The van der Waals surface area contributed by atoms with Gasteiger partial charge in [-0.15, -0.1) is 11.8 Å². The van der Waals surface area contributed by atoms with Gasteiger partial charge < -0.3 is 15.0 Å². The van der Waals surface area contributed by atoms with Crippen molar-refractivity contribution < 1.29 is 14.3 Å². The van der Waals surface area contributed by atoms with Crippen LogP contribution in [0.15, 0.2) is 53.6 Å². The van der Waals surface area contributed by atoms with E-state index in [1.807, 2.05) is 19.1 Å². The minimum Gasteiger partial charge on any atom is -0.497 e.